The predicted molar refractivity (Wildman–Crippen MR) is 60.4 cm³/mol. The van der Waals surface area contributed by atoms with Gasteiger partial charge in [-0.3, -0.25) is 0 Å². The van der Waals surface area contributed by atoms with E-state index in [0.29, 0.717) is 5.56 Å². The molecule has 1 aromatic carbocycles. The SMILES string of the molecule is COC(=O)c1ccc(CCI)cc1.[Zn+2]. The maximum atomic E-state index is 11.1. The van der Waals surface area contributed by atoms with Gasteiger partial charge in [-0.05, 0) is 24.1 Å². The Hall–Kier alpha value is 0.0434. The van der Waals surface area contributed by atoms with Crippen LogP contribution in [0.5, 0.6) is 0 Å². The molecule has 14 heavy (non-hydrogen) atoms. The summed E-state index contributed by atoms with van der Waals surface area (Å²) in [6.45, 7) is 0. The number of carbonyl (C=O) groups excluding carboxylic acids is 1. The summed E-state index contributed by atoms with van der Waals surface area (Å²) >= 11 is 2.33. The summed E-state index contributed by atoms with van der Waals surface area (Å²) < 4.78 is 5.69. The van der Waals surface area contributed by atoms with Crippen LogP contribution in [0, 0.1) is 0 Å². The number of benzene rings is 1. The third-order valence-corrected chi connectivity index (χ3v) is 2.30. The number of carbonyl (C=O) groups is 1. The Morgan fingerprint density at radius 1 is 1.36 bits per heavy atom. The first kappa shape index (κ1) is 14.0. The van der Waals surface area contributed by atoms with Crippen molar-refractivity contribution in [3.8, 4) is 0 Å². The summed E-state index contributed by atoms with van der Waals surface area (Å²) in [5, 5.41) is 0. The van der Waals surface area contributed by atoms with E-state index in [-0.39, 0.29) is 25.4 Å². The van der Waals surface area contributed by atoms with E-state index >= 15 is 0 Å². The van der Waals surface area contributed by atoms with Gasteiger partial charge in [-0.15, -0.1) is 0 Å². The van der Waals surface area contributed by atoms with Crippen LogP contribution in [0.4, 0.5) is 0 Å². The largest absolute Gasteiger partial charge is 2.00 e. The van der Waals surface area contributed by atoms with Gasteiger partial charge in [0.05, 0.1) is 12.7 Å². The molecule has 1 rings (SSSR count). The average molecular weight is 355 g/mol. The third-order valence-electron chi connectivity index (χ3n) is 1.76. The Morgan fingerprint density at radius 2 is 1.93 bits per heavy atom. The summed E-state index contributed by atoms with van der Waals surface area (Å²) in [6, 6.07) is 7.52. The Bertz CT molecular complexity index is 285. The second-order valence-corrected chi connectivity index (χ2v) is 3.71. The molecule has 4 heteroatoms. The first-order valence-corrected chi connectivity index (χ1v) is 5.53. The van der Waals surface area contributed by atoms with Gasteiger partial charge in [0.1, 0.15) is 0 Å². The van der Waals surface area contributed by atoms with Crippen LogP contribution in [0.15, 0.2) is 24.3 Å². The maximum absolute atomic E-state index is 11.1. The van der Waals surface area contributed by atoms with Crippen molar-refractivity contribution < 1.29 is 29.0 Å². The van der Waals surface area contributed by atoms with Crippen molar-refractivity contribution in [2.75, 3.05) is 11.5 Å². The van der Waals surface area contributed by atoms with Crippen LogP contribution < -0.4 is 0 Å². The molecule has 0 radical (unpaired) electrons. The number of rotatable bonds is 3. The number of ether oxygens (including phenoxy) is 1. The van der Waals surface area contributed by atoms with Gasteiger partial charge in [-0.2, -0.15) is 0 Å². The molecular formula is C10H11IO2Zn+2. The van der Waals surface area contributed by atoms with E-state index in [9.17, 15) is 4.79 Å². The van der Waals surface area contributed by atoms with Crippen molar-refractivity contribution in [3.05, 3.63) is 35.4 Å². The van der Waals surface area contributed by atoms with Crippen LogP contribution in [0.3, 0.4) is 0 Å². The third kappa shape index (κ3) is 4.05. The molecule has 0 saturated heterocycles. The van der Waals surface area contributed by atoms with Gasteiger partial charge in [-0.1, -0.05) is 34.7 Å². The number of hydrogen-bond acceptors (Lipinski definition) is 2. The Labute approximate surface area is 110 Å². The normalized spacial score (nSPS) is 9.00. The van der Waals surface area contributed by atoms with Crippen molar-refractivity contribution in [2.24, 2.45) is 0 Å². The Kier molecular flexibility index (Phi) is 7.37. The molecule has 0 unspecified atom stereocenters. The summed E-state index contributed by atoms with van der Waals surface area (Å²) in [6.07, 6.45) is 1.04. The van der Waals surface area contributed by atoms with Gasteiger partial charge in [0.25, 0.3) is 0 Å². The molecule has 0 spiro atoms. The van der Waals surface area contributed by atoms with Gasteiger partial charge in [0.2, 0.25) is 0 Å². The zero-order valence-electron chi connectivity index (χ0n) is 8.13. The molecule has 1 aromatic rings. The standard InChI is InChI=1S/C10H11IO2.Zn/c1-13-10(12)9-4-2-8(3-5-9)6-7-11;/h2-5H,6-7H2,1H3;/q;+2. The Morgan fingerprint density at radius 3 is 2.36 bits per heavy atom. The molecule has 0 fully saturated rings. The van der Waals surface area contributed by atoms with E-state index in [1.54, 1.807) is 12.1 Å². The minimum atomic E-state index is -0.277. The van der Waals surface area contributed by atoms with Crippen molar-refractivity contribution >= 4 is 28.6 Å². The molecule has 0 aliphatic heterocycles. The molecule has 0 heterocycles. The maximum Gasteiger partial charge on any atom is 2.00 e. The zero-order chi connectivity index (χ0) is 9.68. The molecule has 0 N–H and O–H groups in total. The van der Waals surface area contributed by atoms with Crippen molar-refractivity contribution in [3.63, 3.8) is 0 Å². The summed E-state index contributed by atoms with van der Waals surface area (Å²) in [7, 11) is 1.39. The van der Waals surface area contributed by atoms with E-state index in [1.165, 1.54) is 12.7 Å². The molecule has 0 saturated carbocycles. The number of esters is 1. The summed E-state index contributed by atoms with van der Waals surface area (Å²) in [4.78, 5) is 11.1. The first-order valence-electron chi connectivity index (χ1n) is 4.01. The van der Waals surface area contributed by atoms with E-state index in [0.717, 1.165) is 10.8 Å². The fraction of sp³-hybridized carbons (Fsp3) is 0.300. The Balaban J connectivity index is 0.00000169. The van der Waals surface area contributed by atoms with Crippen molar-refractivity contribution in [1.82, 2.24) is 0 Å². The molecular weight excluding hydrogens is 344 g/mol. The second kappa shape index (κ2) is 7.35. The molecule has 0 aromatic heterocycles. The van der Waals surface area contributed by atoms with Gasteiger partial charge < -0.3 is 4.74 Å². The minimum absolute atomic E-state index is 0. The van der Waals surface area contributed by atoms with E-state index in [2.05, 4.69) is 27.3 Å². The smallest absolute Gasteiger partial charge is 0.465 e. The molecule has 0 aliphatic carbocycles. The van der Waals surface area contributed by atoms with Crippen LogP contribution in [0.1, 0.15) is 15.9 Å². The molecule has 0 bridgehead atoms. The van der Waals surface area contributed by atoms with E-state index < -0.39 is 0 Å². The fourth-order valence-electron chi connectivity index (χ4n) is 1.03. The minimum Gasteiger partial charge on any atom is -0.465 e. The molecule has 70 valence electrons. The average Bonchev–Trinajstić information content (AvgIpc) is 2.18. The number of alkyl halides is 1. The molecule has 0 aliphatic rings. The van der Waals surface area contributed by atoms with Crippen LogP contribution in [0.25, 0.3) is 0 Å². The number of halogens is 1. The first-order chi connectivity index (χ1) is 6.27. The van der Waals surface area contributed by atoms with Crippen LogP contribution in [-0.2, 0) is 30.6 Å². The monoisotopic (exact) mass is 354 g/mol. The van der Waals surface area contributed by atoms with Gasteiger partial charge >= 0.3 is 25.4 Å². The van der Waals surface area contributed by atoms with Crippen LogP contribution >= 0.6 is 22.6 Å². The van der Waals surface area contributed by atoms with E-state index in [4.69, 9.17) is 0 Å². The predicted octanol–water partition coefficient (Wildman–Crippen LogP) is 2.45. The number of hydrogen-bond donors (Lipinski definition) is 0. The van der Waals surface area contributed by atoms with Gasteiger partial charge in [0, 0.05) is 4.43 Å². The number of methoxy groups -OCH3 is 1. The number of aryl methyl sites for hydroxylation is 1. The van der Waals surface area contributed by atoms with Crippen molar-refractivity contribution in [2.45, 2.75) is 6.42 Å². The quantitative estimate of drug-likeness (QED) is 0.360. The molecule has 0 atom stereocenters. The summed E-state index contributed by atoms with van der Waals surface area (Å²) in [5.41, 5.74) is 1.86. The van der Waals surface area contributed by atoms with Gasteiger partial charge in [-0.25, -0.2) is 4.79 Å². The van der Waals surface area contributed by atoms with Crippen molar-refractivity contribution in [1.29, 1.82) is 0 Å². The molecule has 0 amide bonds. The summed E-state index contributed by atoms with van der Waals surface area (Å²) in [5.74, 6) is -0.277. The van der Waals surface area contributed by atoms with Crippen LogP contribution in [-0.4, -0.2) is 17.5 Å². The van der Waals surface area contributed by atoms with E-state index in [1.807, 2.05) is 12.1 Å². The van der Waals surface area contributed by atoms with Gasteiger partial charge in [0.15, 0.2) is 0 Å². The topological polar surface area (TPSA) is 26.3 Å². The fourth-order valence-corrected chi connectivity index (χ4v) is 1.66. The zero-order valence-corrected chi connectivity index (χ0v) is 13.2. The molecule has 2 nitrogen and oxygen atoms in total. The van der Waals surface area contributed by atoms with Crippen LogP contribution in [0.2, 0.25) is 0 Å². The second-order valence-electron chi connectivity index (χ2n) is 2.63.